The fourth-order valence-corrected chi connectivity index (χ4v) is 2.86. The van der Waals surface area contributed by atoms with E-state index in [1.165, 1.54) is 17.8 Å². The minimum Gasteiger partial charge on any atom is -0.369 e. The van der Waals surface area contributed by atoms with Gasteiger partial charge in [0.2, 0.25) is 0 Å². The van der Waals surface area contributed by atoms with Crippen LogP contribution < -0.4 is 10.6 Å². The fourth-order valence-electron chi connectivity index (χ4n) is 2.69. The molecule has 0 bridgehead atoms. The van der Waals surface area contributed by atoms with Crippen LogP contribution in [0.1, 0.15) is 19.4 Å². The summed E-state index contributed by atoms with van der Waals surface area (Å²) in [6, 6.07) is 6.00. The standard InChI is InChI=1S/C15H24ClN3/c1-12(2)11-18-5-7-19(8-6-18)15-9-14(16)4-3-13(15)10-17/h3-4,9,12H,5-8,10-11,17H2,1-2H3. The molecule has 0 saturated carbocycles. The number of nitrogens with two attached hydrogens (primary N) is 1. The van der Waals surface area contributed by atoms with Crippen LogP contribution in [0.2, 0.25) is 5.02 Å². The smallest absolute Gasteiger partial charge is 0.0427 e. The molecule has 19 heavy (non-hydrogen) atoms. The van der Waals surface area contributed by atoms with Crippen molar-refractivity contribution in [1.82, 2.24) is 4.90 Å². The Morgan fingerprint density at radius 1 is 1.21 bits per heavy atom. The summed E-state index contributed by atoms with van der Waals surface area (Å²) in [5, 5.41) is 0.789. The molecule has 3 nitrogen and oxygen atoms in total. The highest BCUT2D eigenvalue weighted by atomic mass is 35.5. The van der Waals surface area contributed by atoms with Gasteiger partial charge in [-0.25, -0.2) is 0 Å². The maximum atomic E-state index is 6.11. The zero-order valence-corrected chi connectivity index (χ0v) is 12.7. The number of rotatable bonds is 4. The third-order valence-corrected chi connectivity index (χ3v) is 3.84. The number of halogens is 1. The number of hydrogen-bond acceptors (Lipinski definition) is 3. The van der Waals surface area contributed by atoms with Gasteiger partial charge in [-0.1, -0.05) is 31.5 Å². The molecule has 1 fully saturated rings. The molecule has 0 radical (unpaired) electrons. The molecule has 2 rings (SSSR count). The molecule has 1 saturated heterocycles. The third-order valence-electron chi connectivity index (χ3n) is 3.60. The average Bonchev–Trinajstić information content (AvgIpc) is 2.39. The molecule has 1 aliphatic rings. The van der Waals surface area contributed by atoms with Gasteiger partial charge < -0.3 is 10.6 Å². The molecule has 0 atom stereocenters. The highest BCUT2D eigenvalue weighted by Crippen LogP contribution is 2.25. The van der Waals surface area contributed by atoms with Crippen molar-refractivity contribution in [3.8, 4) is 0 Å². The Morgan fingerprint density at radius 2 is 1.89 bits per heavy atom. The zero-order chi connectivity index (χ0) is 13.8. The van der Waals surface area contributed by atoms with Crippen LogP contribution in [-0.2, 0) is 6.54 Å². The van der Waals surface area contributed by atoms with Crippen LogP contribution in [0.15, 0.2) is 18.2 Å². The zero-order valence-electron chi connectivity index (χ0n) is 11.9. The first-order valence-electron chi connectivity index (χ1n) is 7.06. The molecule has 4 heteroatoms. The number of anilines is 1. The number of nitrogens with zero attached hydrogens (tertiary/aromatic N) is 2. The van der Waals surface area contributed by atoms with Gasteiger partial charge in [0.05, 0.1) is 0 Å². The predicted octanol–water partition coefficient (Wildman–Crippen LogP) is 2.58. The van der Waals surface area contributed by atoms with Crippen molar-refractivity contribution in [3.63, 3.8) is 0 Å². The summed E-state index contributed by atoms with van der Waals surface area (Å²) in [7, 11) is 0. The summed E-state index contributed by atoms with van der Waals surface area (Å²) >= 11 is 6.11. The highest BCUT2D eigenvalue weighted by Gasteiger charge is 2.19. The predicted molar refractivity (Wildman–Crippen MR) is 82.8 cm³/mol. The van der Waals surface area contributed by atoms with E-state index in [2.05, 4.69) is 23.6 Å². The van der Waals surface area contributed by atoms with Crippen LogP contribution in [0.5, 0.6) is 0 Å². The van der Waals surface area contributed by atoms with E-state index >= 15 is 0 Å². The summed E-state index contributed by atoms with van der Waals surface area (Å²) < 4.78 is 0. The Bertz CT molecular complexity index is 412. The SMILES string of the molecule is CC(C)CN1CCN(c2cc(Cl)ccc2CN)CC1. The van der Waals surface area contributed by atoms with Crippen molar-refractivity contribution in [2.24, 2.45) is 11.7 Å². The average molecular weight is 282 g/mol. The summed E-state index contributed by atoms with van der Waals surface area (Å²) in [6.07, 6.45) is 0. The molecule has 0 spiro atoms. The topological polar surface area (TPSA) is 32.5 Å². The maximum Gasteiger partial charge on any atom is 0.0427 e. The Hall–Kier alpha value is -0.770. The van der Waals surface area contributed by atoms with E-state index in [-0.39, 0.29) is 0 Å². The van der Waals surface area contributed by atoms with E-state index < -0.39 is 0 Å². The van der Waals surface area contributed by atoms with Gasteiger partial charge >= 0.3 is 0 Å². The molecular weight excluding hydrogens is 258 g/mol. The molecule has 1 heterocycles. The molecule has 0 aliphatic carbocycles. The Morgan fingerprint density at radius 3 is 2.47 bits per heavy atom. The summed E-state index contributed by atoms with van der Waals surface area (Å²) in [4.78, 5) is 4.94. The van der Waals surface area contributed by atoms with E-state index in [1.54, 1.807) is 0 Å². The molecule has 1 aromatic carbocycles. The Balaban J connectivity index is 2.03. The maximum absolute atomic E-state index is 6.11. The minimum absolute atomic E-state index is 0.568. The number of piperazine rings is 1. The Kier molecular flexibility index (Phi) is 5.08. The Labute approximate surface area is 121 Å². The third kappa shape index (κ3) is 3.85. The monoisotopic (exact) mass is 281 g/mol. The molecule has 0 amide bonds. The molecule has 0 unspecified atom stereocenters. The summed E-state index contributed by atoms with van der Waals surface area (Å²) in [5.74, 6) is 0.734. The second-order valence-electron chi connectivity index (χ2n) is 5.66. The number of benzene rings is 1. The first-order chi connectivity index (χ1) is 9.10. The fraction of sp³-hybridized carbons (Fsp3) is 0.600. The van der Waals surface area contributed by atoms with Crippen LogP contribution in [0.3, 0.4) is 0 Å². The van der Waals surface area contributed by atoms with E-state index in [0.717, 1.165) is 37.1 Å². The van der Waals surface area contributed by atoms with Gasteiger partial charge in [0.15, 0.2) is 0 Å². The molecule has 106 valence electrons. The van der Waals surface area contributed by atoms with E-state index in [1.807, 2.05) is 18.2 Å². The van der Waals surface area contributed by atoms with Crippen LogP contribution in [0.4, 0.5) is 5.69 Å². The molecule has 2 N–H and O–H groups in total. The lowest BCUT2D eigenvalue weighted by molar-refractivity contribution is 0.231. The van der Waals surface area contributed by atoms with Crippen molar-refractivity contribution in [1.29, 1.82) is 0 Å². The molecule has 1 aliphatic heterocycles. The molecule has 1 aromatic rings. The van der Waals surface area contributed by atoms with Gasteiger partial charge in [0.25, 0.3) is 0 Å². The summed E-state index contributed by atoms with van der Waals surface area (Å²) in [6.45, 7) is 10.7. The van der Waals surface area contributed by atoms with Gasteiger partial charge in [-0.05, 0) is 23.6 Å². The van der Waals surface area contributed by atoms with Crippen molar-refractivity contribution < 1.29 is 0 Å². The van der Waals surface area contributed by atoms with Gasteiger partial charge in [-0.15, -0.1) is 0 Å². The van der Waals surface area contributed by atoms with Gasteiger partial charge in [0, 0.05) is 50.0 Å². The van der Waals surface area contributed by atoms with Crippen LogP contribution >= 0.6 is 11.6 Å². The van der Waals surface area contributed by atoms with E-state index in [0.29, 0.717) is 6.54 Å². The lowest BCUT2D eigenvalue weighted by Crippen LogP contribution is -2.47. The highest BCUT2D eigenvalue weighted by molar-refractivity contribution is 6.30. The lowest BCUT2D eigenvalue weighted by atomic mass is 10.1. The second-order valence-corrected chi connectivity index (χ2v) is 6.10. The first kappa shape index (κ1) is 14.6. The lowest BCUT2D eigenvalue weighted by Gasteiger charge is -2.37. The van der Waals surface area contributed by atoms with Crippen LogP contribution in [-0.4, -0.2) is 37.6 Å². The second kappa shape index (κ2) is 6.60. The van der Waals surface area contributed by atoms with E-state index in [4.69, 9.17) is 17.3 Å². The van der Waals surface area contributed by atoms with Crippen molar-refractivity contribution in [2.75, 3.05) is 37.6 Å². The quantitative estimate of drug-likeness (QED) is 0.921. The largest absolute Gasteiger partial charge is 0.369 e. The number of hydrogen-bond donors (Lipinski definition) is 1. The van der Waals surface area contributed by atoms with Crippen LogP contribution in [0.25, 0.3) is 0 Å². The summed E-state index contributed by atoms with van der Waals surface area (Å²) in [5.41, 5.74) is 8.21. The normalized spacial score (nSPS) is 17.2. The van der Waals surface area contributed by atoms with Gasteiger partial charge in [-0.2, -0.15) is 0 Å². The van der Waals surface area contributed by atoms with Crippen molar-refractivity contribution in [2.45, 2.75) is 20.4 Å². The van der Waals surface area contributed by atoms with E-state index in [9.17, 15) is 0 Å². The molecular formula is C15H24ClN3. The first-order valence-corrected chi connectivity index (χ1v) is 7.43. The molecule has 0 aromatic heterocycles. The van der Waals surface area contributed by atoms with Gasteiger partial charge in [0.1, 0.15) is 0 Å². The van der Waals surface area contributed by atoms with Gasteiger partial charge in [-0.3, -0.25) is 4.90 Å². The van der Waals surface area contributed by atoms with Crippen molar-refractivity contribution in [3.05, 3.63) is 28.8 Å². The van der Waals surface area contributed by atoms with Crippen LogP contribution in [0, 0.1) is 5.92 Å². The minimum atomic E-state index is 0.568. The van der Waals surface area contributed by atoms with Crippen molar-refractivity contribution >= 4 is 17.3 Å².